The Morgan fingerprint density at radius 3 is 2.42 bits per heavy atom. The lowest BCUT2D eigenvalue weighted by molar-refractivity contribution is -0.134. The van der Waals surface area contributed by atoms with Crippen molar-refractivity contribution in [1.29, 1.82) is 0 Å². The van der Waals surface area contributed by atoms with E-state index in [0.29, 0.717) is 30.5 Å². The Morgan fingerprint density at radius 1 is 1.05 bits per heavy atom. The molecule has 0 aliphatic carbocycles. The van der Waals surface area contributed by atoms with E-state index < -0.39 is 5.82 Å². The fourth-order valence-corrected chi connectivity index (χ4v) is 5.03. The molecule has 1 fully saturated rings. The fraction of sp³-hybridized carbons (Fsp3) is 0.367. The lowest BCUT2D eigenvalue weighted by Gasteiger charge is -2.35. The summed E-state index contributed by atoms with van der Waals surface area (Å²) in [6.07, 6.45) is 0. The monoisotopic (exact) mass is 601 g/mol. The number of likely N-dealkylation sites (N-methyl/N-ethyl adjacent to an activating group) is 1. The van der Waals surface area contributed by atoms with Crippen LogP contribution >= 0.6 is 27.5 Å². The average molecular weight is 603 g/mol. The van der Waals surface area contributed by atoms with Crippen LogP contribution in [0.25, 0.3) is 0 Å². The Bertz CT molecular complexity index is 1250. The number of hydrogen-bond acceptors (Lipinski definition) is 4. The number of ether oxygens (including phenoxy) is 1. The number of amides is 1. The third-order valence-electron chi connectivity index (χ3n) is 6.77. The molecule has 4 rings (SSSR count). The van der Waals surface area contributed by atoms with E-state index in [2.05, 4.69) is 58.9 Å². The highest BCUT2D eigenvalue weighted by Crippen LogP contribution is 2.31. The quantitative estimate of drug-likeness (QED) is 0.266. The summed E-state index contributed by atoms with van der Waals surface area (Å²) in [6, 6.07) is 18.9. The van der Waals surface area contributed by atoms with Gasteiger partial charge in [-0.1, -0.05) is 71.7 Å². The molecule has 3 aromatic carbocycles. The second-order valence-corrected chi connectivity index (χ2v) is 11.5. The van der Waals surface area contributed by atoms with E-state index in [9.17, 15) is 9.18 Å². The first-order chi connectivity index (χ1) is 18.2. The molecule has 1 saturated heterocycles. The van der Waals surface area contributed by atoms with E-state index in [1.165, 1.54) is 23.3 Å². The van der Waals surface area contributed by atoms with Gasteiger partial charge in [-0.2, -0.15) is 0 Å². The summed E-state index contributed by atoms with van der Waals surface area (Å²) in [5.74, 6) is 1.24. The summed E-state index contributed by atoms with van der Waals surface area (Å²) in [7, 11) is 1.93. The Balaban J connectivity index is 1.29. The van der Waals surface area contributed by atoms with Gasteiger partial charge in [0.15, 0.2) is 0 Å². The Hall–Kier alpha value is -2.45. The van der Waals surface area contributed by atoms with Gasteiger partial charge < -0.3 is 9.64 Å². The molecular formula is C30H34BrClFN3O2. The average Bonchev–Trinajstić information content (AvgIpc) is 2.88. The smallest absolute Gasteiger partial charge is 0.236 e. The zero-order chi connectivity index (χ0) is 27.2. The molecule has 0 aromatic heterocycles. The third kappa shape index (κ3) is 7.79. The predicted molar refractivity (Wildman–Crippen MR) is 154 cm³/mol. The molecule has 0 radical (unpaired) electrons. The largest absolute Gasteiger partial charge is 0.457 e. The Labute approximate surface area is 238 Å². The SMILES string of the molecule is CC(C)c1ccc(CN2CCN(C(=O)CN(C)Cc3ccc(Br)cc3Oc3ccc(F)c(Cl)c3)CC2)cc1. The molecule has 1 amide bonds. The van der Waals surface area contributed by atoms with Crippen LogP contribution < -0.4 is 4.74 Å². The van der Waals surface area contributed by atoms with Gasteiger partial charge in [-0.3, -0.25) is 14.6 Å². The number of benzene rings is 3. The normalized spacial score (nSPS) is 14.4. The van der Waals surface area contributed by atoms with Crippen LogP contribution in [0.3, 0.4) is 0 Å². The highest BCUT2D eigenvalue weighted by molar-refractivity contribution is 9.10. The number of carbonyl (C=O) groups is 1. The maximum atomic E-state index is 13.5. The van der Waals surface area contributed by atoms with Crippen molar-refractivity contribution in [3.8, 4) is 11.5 Å². The minimum Gasteiger partial charge on any atom is -0.457 e. The summed E-state index contributed by atoms with van der Waals surface area (Å²) in [5, 5.41) is 0.00546. The van der Waals surface area contributed by atoms with Gasteiger partial charge in [0, 0.05) is 55.4 Å². The lowest BCUT2D eigenvalue weighted by atomic mass is 10.0. The highest BCUT2D eigenvalue weighted by atomic mass is 79.9. The van der Waals surface area contributed by atoms with Crippen molar-refractivity contribution in [2.24, 2.45) is 0 Å². The van der Waals surface area contributed by atoms with Crippen molar-refractivity contribution in [2.45, 2.75) is 32.9 Å². The first kappa shape index (κ1) is 28.6. The minimum atomic E-state index is -0.493. The zero-order valence-corrected chi connectivity index (χ0v) is 24.4. The van der Waals surface area contributed by atoms with Crippen molar-refractivity contribution in [2.75, 3.05) is 39.8 Å². The van der Waals surface area contributed by atoms with Crippen LogP contribution in [0.1, 0.15) is 36.5 Å². The molecule has 1 aliphatic rings. The summed E-state index contributed by atoms with van der Waals surface area (Å²) in [4.78, 5) is 19.4. The molecule has 1 heterocycles. The van der Waals surface area contributed by atoms with Crippen LogP contribution in [-0.4, -0.2) is 60.4 Å². The maximum Gasteiger partial charge on any atom is 0.236 e. The molecule has 0 atom stereocenters. The maximum absolute atomic E-state index is 13.5. The molecule has 8 heteroatoms. The summed E-state index contributed by atoms with van der Waals surface area (Å²) in [6.45, 7) is 9.36. The van der Waals surface area contributed by atoms with Gasteiger partial charge in [0.1, 0.15) is 17.3 Å². The van der Waals surface area contributed by atoms with E-state index in [1.807, 2.05) is 35.0 Å². The third-order valence-corrected chi connectivity index (χ3v) is 7.55. The molecule has 0 bridgehead atoms. The second kappa shape index (κ2) is 13.1. The number of halogens is 3. The topological polar surface area (TPSA) is 36.0 Å². The standard InChI is InChI=1S/C30H34BrClFN3O2/c1-21(2)23-6-4-22(5-7-23)18-35-12-14-36(15-13-35)30(37)20-34(3)19-24-8-9-25(31)16-29(24)38-26-10-11-28(33)27(32)17-26/h4-11,16-17,21H,12-15,18-20H2,1-3H3. The van der Waals surface area contributed by atoms with E-state index in [4.69, 9.17) is 16.3 Å². The number of nitrogens with zero attached hydrogens (tertiary/aromatic N) is 3. The number of carbonyl (C=O) groups excluding carboxylic acids is 1. The van der Waals surface area contributed by atoms with E-state index in [-0.39, 0.29) is 10.9 Å². The number of hydrogen-bond donors (Lipinski definition) is 0. The van der Waals surface area contributed by atoms with Gasteiger partial charge in [0.2, 0.25) is 5.91 Å². The highest BCUT2D eigenvalue weighted by Gasteiger charge is 2.22. The summed E-state index contributed by atoms with van der Waals surface area (Å²) in [5.41, 5.74) is 3.58. The van der Waals surface area contributed by atoms with Crippen LogP contribution in [0, 0.1) is 5.82 Å². The lowest BCUT2D eigenvalue weighted by Crippen LogP contribution is -2.50. The van der Waals surface area contributed by atoms with Crippen molar-refractivity contribution in [3.05, 3.63) is 92.7 Å². The molecule has 0 spiro atoms. The first-order valence-electron chi connectivity index (χ1n) is 12.9. The van der Waals surface area contributed by atoms with Crippen LogP contribution in [-0.2, 0) is 17.9 Å². The summed E-state index contributed by atoms with van der Waals surface area (Å²) >= 11 is 9.40. The molecule has 0 N–H and O–H groups in total. The van der Waals surface area contributed by atoms with Gasteiger partial charge in [0.25, 0.3) is 0 Å². The molecule has 0 unspecified atom stereocenters. The van der Waals surface area contributed by atoms with Gasteiger partial charge in [-0.25, -0.2) is 4.39 Å². The number of piperazine rings is 1. The van der Waals surface area contributed by atoms with Crippen molar-refractivity contribution < 1.29 is 13.9 Å². The van der Waals surface area contributed by atoms with E-state index in [1.54, 1.807) is 6.07 Å². The second-order valence-electron chi connectivity index (χ2n) is 10.2. The Morgan fingerprint density at radius 2 is 1.76 bits per heavy atom. The van der Waals surface area contributed by atoms with Crippen molar-refractivity contribution in [1.82, 2.24) is 14.7 Å². The number of rotatable bonds is 9. The van der Waals surface area contributed by atoms with Crippen LogP contribution in [0.4, 0.5) is 4.39 Å². The fourth-order valence-electron chi connectivity index (χ4n) is 4.52. The zero-order valence-electron chi connectivity index (χ0n) is 22.1. The van der Waals surface area contributed by atoms with Crippen molar-refractivity contribution >= 4 is 33.4 Å². The molecule has 1 aliphatic heterocycles. The molecule has 202 valence electrons. The van der Waals surface area contributed by atoms with Crippen molar-refractivity contribution in [3.63, 3.8) is 0 Å². The van der Waals surface area contributed by atoms with Gasteiger partial charge >= 0.3 is 0 Å². The molecule has 5 nitrogen and oxygen atoms in total. The summed E-state index contributed by atoms with van der Waals surface area (Å²) < 4.78 is 20.4. The molecular weight excluding hydrogens is 569 g/mol. The van der Waals surface area contributed by atoms with E-state index in [0.717, 1.165) is 42.8 Å². The molecule has 38 heavy (non-hydrogen) atoms. The van der Waals surface area contributed by atoms with Gasteiger partial charge in [-0.15, -0.1) is 0 Å². The van der Waals surface area contributed by atoms with Crippen LogP contribution in [0.5, 0.6) is 11.5 Å². The van der Waals surface area contributed by atoms with Gasteiger partial charge in [0.05, 0.1) is 11.6 Å². The molecule has 3 aromatic rings. The van der Waals surface area contributed by atoms with Crippen LogP contribution in [0.2, 0.25) is 5.02 Å². The predicted octanol–water partition coefficient (Wildman–Crippen LogP) is 6.93. The van der Waals surface area contributed by atoms with Gasteiger partial charge in [-0.05, 0) is 48.4 Å². The first-order valence-corrected chi connectivity index (χ1v) is 14.0. The Kier molecular flexibility index (Phi) is 9.82. The molecule has 0 saturated carbocycles. The minimum absolute atomic E-state index is 0.00546. The van der Waals surface area contributed by atoms with E-state index >= 15 is 0 Å². The van der Waals surface area contributed by atoms with Crippen LogP contribution in [0.15, 0.2) is 65.1 Å².